The summed E-state index contributed by atoms with van der Waals surface area (Å²) < 4.78 is 5.16. The second kappa shape index (κ2) is 5.77. The minimum atomic E-state index is 0.279. The van der Waals surface area contributed by atoms with Gasteiger partial charge in [-0.15, -0.1) is 11.6 Å². The van der Waals surface area contributed by atoms with E-state index in [0.29, 0.717) is 5.92 Å². The van der Waals surface area contributed by atoms with Crippen molar-refractivity contribution in [3.8, 4) is 5.75 Å². The summed E-state index contributed by atoms with van der Waals surface area (Å²) in [6.45, 7) is 2.33. The van der Waals surface area contributed by atoms with Crippen molar-refractivity contribution in [2.75, 3.05) is 7.11 Å². The lowest BCUT2D eigenvalue weighted by molar-refractivity contribution is 0.398. The first-order valence-corrected chi connectivity index (χ1v) is 6.91. The molecule has 2 rings (SSSR count). The topological polar surface area (TPSA) is 9.23 Å². The van der Waals surface area contributed by atoms with Crippen LogP contribution in [0.5, 0.6) is 5.75 Å². The predicted octanol–water partition coefficient (Wildman–Crippen LogP) is 4.28. The lowest BCUT2D eigenvalue weighted by atomic mass is 9.91. The second-order valence-electron chi connectivity index (χ2n) is 5.14. The molecule has 1 aliphatic carbocycles. The zero-order valence-corrected chi connectivity index (χ0v) is 11.4. The van der Waals surface area contributed by atoms with Crippen LogP contribution < -0.4 is 4.74 Å². The molecule has 3 atom stereocenters. The van der Waals surface area contributed by atoms with E-state index in [1.165, 1.54) is 24.8 Å². The van der Waals surface area contributed by atoms with Gasteiger partial charge in [-0.3, -0.25) is 0 Å². The van der Waals surface area contributed by atoms with E-state index in [1.54, 1.807) is 7.11 Å². The molecule has 1 aromatic rings. The molecular weight excluding hydrogens is 232 g/mol. The summed E-state index contributed by atoms with van der Waals surface area (Å²) in [4.78, 5) is 0. The standard InChI is InChI=1S/C15H21ClO/c1-11-4-3-5-14(11)15(16)10-12-6-8-13(17-2)9-7-12/h6-9,11,14-15H,3-5,10H2,1-2H3. The highest BCUT2D eigenvalue weighted by atomic mass is 35.5. The molecule has 0 bridgehead atoms. The third-order valence-electron chi connectivity index (χ3n) is 3.98. The molecule has 0 N–H and O–H groups in total. The van der Waals surface area contributed by atoms with Crippen LogP contribution in [0.2, 0.25) is 0 Å². The summed E-state index contributed by atoms with van der Waals surface area (Å²) in [5, 5.41) is 0.279. The van der Waals surface area contributed by atoms with E-state index in [1.807, 2.05) is 12.1 Å². The van der Waals surface area contributed by atoms with Crippen LogP contribution in [0.4, 0.5) is 0 Å². The van der Waals surface area contributed by atoms with Crippen LogP contribution in [-0.4, -0.2) is 12.5 Å². The van der Waals surface area contributed by atoms with Gasteiger partial charge in [0.2, 0.25) is 0 Å². The average Bonchev–Trinajstić information content (AvgIpc) is 2.76. The highest BCUT2D eigenvalue weighted by molar-refractivity contribution is 6.21. The zero-order chi connectivity index (χ0) is 12.3. The molecule has 3 unspecified atom stereocenters. The van der Waals surface area contributed by atoms with Gasteiger partial charge in [0.25, 0.3) is 0 Å². The summed E-state index contributed by atoms with van der Waals surface area (Å²) in [5.41, 5.74) is 1.31. The van der Waals surface area contributed by atoms with Crippen molar-refractivity contribution >= 4 is 11.6 Å². The Morgan fingerprint density at radius 3 is 2.53 bits per heavy atom. The molecule has 0 spiro atoms. The lowest BCUT2D eigenvalue weighted by Crippen LogP contribution is -2.19. The van der Waals surface area contributed by atoms with Gasteiger partial charge in [0.1, 0.15) is 5.75 Å². The third-order valence-corrected chi connectivity index (χ3v) is 4.46. The predicted molar refractivity (Wildman–Crippen MR) is 72.8 cm³/mol. The Bertz CT molecular complexity index is 346. The largest absolute Gasteiger partial charge is 0.497 e. The van der Waals surface area contributed by atoms with E-state index in [2.05, 4.69) is 19.1 Å². The van der Waals surface area contributed by atoms with Crippen LogP contribution >= 0.6 is 11.6 Å². The molecule has 0 saturated heterocycles. The molecule has 1 saturated carbocycles. The summed E-state index contributed by atoms with van der Waals surface area (Å²) in [6.07, 6.45) is 4.96. The fraction of sp³-hybridized carbons (Fsp3) is 0.600. The number of hydrogen-bond donors (Lipinski definition) is 0. The second-order valence-corrected chi connectivity index (χ2v) is 5.70. The number of ether oxygens (including phenoxy) is 1. The van der Waals surface area contributed by atoms with Crippen LogP contribution in [0.3, 0.4) is 0 Å². The molecule has 1 aromatic carbocycles. The van der Waals surface area contributed by atoms with Crippen molar-refractivity contribution in [3.63, 3.8) is 0 Å². The average molecular weight is 253 g/mol. The number of halogens is 1. The van der Waals surface area contributed by atoms with Gasteiger partial charge in [0.05, 0.1) is 7.11 Å². The molecule has 1 nitrogen and oxygen atoms in total. The Labute approximate surface area is 109 Å². The van der Waals surface area contributed by atoms with Crippen molar-refractivity contribution in [2.45, 2.75) is 38.0 Å². The Kier molecular flexibility index (Phi) is 4.33. The van der Waals surface area contributed by atoms with Crippen molar-refractivity contribution in [2.24, 2.45) is 11.8 Å². The van der Waals surface area contributed by atoms with E-state index in [0.717, 1.165) is 18.1 Å². The van der Waals surface area contributed by atoms with Gasteiger partial charge >= 0.3 is 0 Å². The minimum absolute atomic E-state index is 0.279. The Morgan fingerprint density at radius 2 is 2.00 bits per heavy atom. The van der Waals surface area contributed by atoms with Gasteiger partial charge in [-0.25, -0.2) is 0 Å². The molecular formula is C15H21ClO. The fourth-order valence-electron chi connectivity index (χ4n) is 2.85. The van der Waals surface area contributed by atoms with E-state index in [9.17, 15) is 0 Å². The summed E-state index contributed by atoms with van der Waals surface area (Å²) in [6, 6.07) is 8.26. The van der Waals surface area contributed by atoms with Gasteiger partial charge in [0.15, 0.2) is 0 Å². The monoisotopic (exact) mass is 252 g/mol. The number of rotatable bonds is 4. The normalized spacial score (nSPS) is 25.8. The molecule has 0 radical (unpaired) electrons. The Hall–Kier alpha value is -0.690. The minimum Gasteiger partial charge on any atom is -0.497 e. The van der Waals surface area contributed by atoms with Gasteiger partial charge in [-0.2, -0.15) is 0 Å². The van der Waals surface area contributed by atoms with Crippen LogP contribution in [0.15, 0.2) is 24.3 Å². The lowest BCUT2D eigenvalue weighted by Gasteiger charge is -2.21. The summed E-state index contributed by atoms with van der Waals surface area (Å²) >= 11 is 6.56. The van der Waals surface area contributed by atoms with Crippen molar-refractivity contribution in [1.29, 1.82) is 0 Å². The van der Waals surface area contributed by atoms with Gasteiger partial charge in [0, 0.05) is 5.38 Å². The maximum absolute atomic E-state index is 6.56. The first-order valence-electron chi connectivity index (χ1n) is 6.47. The van der Waals surface area contributed by atoms with E-state index >= 15 is 0 Å². The van der Waals surface area contributed by atoms with Gasteiger partial charge in [-0.1, -0.05) is 31.9 Å². The Morgan fingerprint density at radius 1 is 1.29 bits per heavy atom. The molecule has 1 aliphatic rings. The maximum atomic E-state index is 6.56. The Balaban J connectivity index is 1.95. The van der Waals surface area contributed by atoms with E-state index in [-0.39, 0.29) is 5.38 Å². The number of methoxy groups -OCH3 is 1. The molecule has 0 amide bonds. The first kappa shape index (κ1) is 12.8. The number of alkyl halides is 1. The smallest absolute Gasteiger partial charge is 0.118 e. The SMILES string of the molecule is COc1ccc(CC(Cl)C2CCCC2C)cc1. The summed E-state index contributed by atoms with van der Waals surface area (Å²) in [5.74, 6) is 2.39. The molecule has 0 aromatic heterocycles. The molecule has 94 valence electrons. The van der Waals surface area contributed by atoms with Crippen LogP contribution in [0.25, 0.3) is 0 Å². The van der Waals surface area contributed by atoms with Crippen molar-refractivity contribution < 1.29 is 4.74 Å². The third kappa shape index (κ3) is 3.16. The van der Waals surface area contributed by atoms with Crippen molar-refractivity contribution in [3.05, 3.63) is 29.8 Å². The van der Waals surface area contributed by atoms with E-state index < -0.39 is 0 Å². The fourth-order valence-corrected chi connectivity index (χ4v) is 3.40. The first-order chi connectivity index (χ1) is 8.20. The maximum Gasteiger partial charge on any atom is 0.118 e. The van der Waals surface area contributed by atoms with Crippen LogP contribution in [0, 0.1) is 11.8 Å². The van der Waals surface area contributed by atoms with Gasteiger partial charge < -0.3 is 4.74 Å². The molecule has 1 fully saturated rings. The quantitative estimate of drug-likeness (QED) is 0.727. The number of hydrogen-bond acceptors (Lipinski definition) is 1. The van der Waals surface area contributed by atoms with Gasteiger partial charge in [-0.05, 0) is 42.4 Å². The highest BCUT2D eigenvalue weighted by Crippen LogP contribution is 2.37. The van der Waals surface area contributed by atoms with Crippen LogP contribution in [-0.2, 0) is 6.42 Å². The van der Waals surface area contributed by atoms with Crippen molar-refractivity contribution in [1.82, 2.24) is 0 Å². The molecule has 0 heterocycles. The number of benzene rings is 1. The molecule has 0 aliphatic heterocycles. The summed E-state index contributed by atoms with van der Waals surface area (Å²) in [7, 11) is 1.69. The molecule has 17 heavy (non-hydrogen) atoms. The molecule has 2 heteroatoms. The van der Waals surface area contributed by atoms with E-state index in [4.69, 9.17) is 16.3 Å². The highest BCUT2D eigenvalue weighted by Gasteiger charge is 2.29. The zero-order valence-electron chi connectivity index (χ0n) is 10.7. The van der Waals surface area contributed by atoms with Crippen LogP contribution in [0.1, 0.15) is 31.7 Å².